The van der Waals surface area contributed by atoms with Crippen LogP contribution in [0, 0.1) is 5.92 Å². The third-order valence-corrected chi connectivity index (χ3v) is 2.85. The summed E-state index contributed by atoms with van der Waals surface area (Å²) in [6, 6.07) is 5.71. The normalized spacial score (nSPS) is 15.2. The largest absolute Gasteiger partial charge is 0.326 e. The van der Waals surface area contributed by atoms with Gasteiger partial charge in [-0.1, -0.05) is 0 Å². The Morgan fingerprint density at radius 2 is 2.38 bits per heavy atom. The molecule has 1 N–H and O–H groups in total. The topological polar surface area (TPSA) is 46.4 Å². The van der Waals surface area contributed by atoms with Gasteiger partial charge in [0.1, 0.15) is 0 Å². The number of fused-ring (bicyclic) bond motifs is 1. The Morgan fingerprint density at radius 3 is 3.19 bits per heavy atom. The molecule has 2 heterocycles. The van der Waals surface area contributed by atoms with Gasteiger partial charge in [-0.3, -0.25) is 4.79 Å². The molecule has 0 atom stereocenters. The standard InChI is InChI=1S/C12H13N3O/c16-12(7-9-1-2-9)14-10-4-6-15-11(8-10)3-5-13-15/h3-6,8-9H,1-2,7H2,(H,14,16). The van der Waals surface area contributed by atoms with E-state index < -0.39 is 0 Å². The summed E-state index contributed by atoms with van der Waals surface area (Å²) in [6.07, 6.45) is 6.65. The lowest BCUT2D eigenvalue weighted by molar-refractivity contribution is -0.116. The van der Waals surface area contributed by atoms with Crippen molar-refractivity contribution in [3.63, 3.8) is 0 Å². The highest BCUT2D eigenvalue weighted by Gasteiger charge is 2.24. The van der Waals surface area contributed by atoms with Crippen molar-refractivity contribution in [1.29, 1.82) is 0 Å². The number of aromatic nitrogens is 2. The summed E-state index contributed by atoms with van der Waals surface area (Å²) in [6.45, 7) is 0. The summed E-state index contributed by atoms with van der Waals surface area (Å²) in [4.78, 5) is 11.6. The Hall–Kier alpha value is -1.84. The van der Waals surface area contributed by atoms with Crippen molar-refractivity contribution < 1.29 is 4.79 Å². The van der Waals surface area contributed by atoms with Gasteiger partial charge in [0.2, 0.25) is 5.91 Å². The zero-order valence-corrected chi connectivity index (χ0v) is 8.89. The van der Waals surface area contributed by atoms with Gasteiger partial charge in [0, 0.05) is 24.5 Å². The molecule has 0 unspecified atom stereocenters. The monoisotopic (exact) mass is 215 g/mol. The zero-order valence-electron chi connectivity index (χ0n) is 8.89. The van der Waals surface area contributed by atoms with E-state index in [9.17, 15) is 4.79 Å². The van der Waals surface area contributed by atoms with Crippen molar-refractivity contribution in [2.45, 2.75) is 19.3 Å². The van der Waals surface area contributed by atoms with Gasteiger partial charge in [-0.05, 0) is 37.0 Å². The lowest BCUT2D eigenvalue weighted by Gasteiger charge is -2.04. The number of nitrogens with zero attached hydrogens (tertiary/aromatic N) is 2. The molecule has 0 saturated heterocycles. The fraction of sp³-hybridized carbons (Fsp3) is 0.333. The molecule has 82 valence electrons. The predicted octanol–water partition coefficient (Wildman–Crippen LogP) is 2.07. The second-order valence-corrected chi connectivity index (χ2v) is 4.31. The fourth-order valence-corrected chi connectivity index (χ4v) is 1.80. The van der Waals surface area contributed by atoms with Gasteiger partial charge in [-0.2, -0.15) is 5.10 Å². The van der Waals surface area contributed by atoms with Gasteiger partial charge in [0.05, 0.1) is 5.52 Å². The Labute approximate surface area is 93.3 Å². The van der Waals surface area contributed by atoms with Crippen LogP contribution in [0.25, 0.3) is 5.52 Å². The first kappa shape index (κ1) is 9.39. The van der Waals surface area contributed by atoms with Gasteiger partial charge in [0.15, 0.2) is 0 Å². The van der Waals surface area contributed by atoms with Crippen LogP contribution in [-0.4, -0.2) is 15.5 Å². The third-order valence-electron chi connectivity index (χ3n) is 2.85. The minimum atomic E-state index is 0.117. The molecule has 1 aliphatic carbocycles. The average molecular weight is 215 g/mol. The van der Waals surface area contributed by atoms with Gasteiger partial charge >= 0.3 is 0 Å². The second-order valence-electron chi connectivity index (χ2n) is 4.31. The molecule has 1 saturated carbocycles. The molecule has 2 aromatic rings. The second kappa shape index (κ2) is 3.63. The van der Waals surface area contributed by atoms with Crippen molar-refractivity contribution in [2.24, 2.45) is 5.92 Å². The molecule has 0 aromatic carbocycles. The van der Waals surface area contributed by atoms with Crippen LogP contribution in [0.3, 0.4) is 0 Å². The average Bonchev–Trinajstić information content (AvgIpc) is 2.95. The van der Waals surface area contributed by atoms with Crippen molar-refractivity contribution >= 4 is 17.1 Å². The van der Waals surface area contributed by atoms with Crippen LogP contribution < -0.4 is 5.32 Å². The number of hydrogen-bond acceptors (Lipinski definition) is 2. The van der Waals surface area contributed by atoms with E-state index in [0.29, 0.717) is 12.3 Å². The number of carbonyl (C=O) groups is 1. The summed E-state index contributed by atoms with van der Waals surface area (Å²) < 4.78 is 1.77. The molecule has 4 nitrogen and oxygen atoms in total. The van der Waals surface area contributed by atoms with Gasteiger partial charge in [-0.15, -0.1) is 0 Å². The highest BCUT2D eigenvalue weighted by Crippen LogP contribution is 2.32. The molecule has 0 aliphatic heterocycles. The predicted molar refractivity (Wildman–Crippen MR) is 61.2 cm³/mol. The van der Waals surface area contributed by atoms with E-state index >= 15 is 0 Å². The van der Waals surface area contributed by atoms with Crippen LogP contribution in [0.4, 0.5) is 5.69 Å². The summed E-state index contributed by atoms with van der Waals surface area (Å²) >= 11 is 0. The number of anilines is 1. The van der Waals surface area contributed by atoms with E-state index in [0.717, 1.165) is 11.2 Å². The van der Waals surface area contributed by atoms with E-state index in [1.54, 1.807) is 10.7 Å². The van der Waals surface area contributed by atoms with Crippen LogP contribution in [0.1, 0.15) is 19.3 Å². The first-order chi connectivity index (χ1) is 7.81. The molecule has 0 bridgehead atoms. The number of rotatable bonds is 3. The van der Waals surface area contributed by atoms with Gasteiger partial charge in [-0.25, -0.2) is 4.52 Å². The van der Waals surface area contributed by atoms with Crippen LogP contribution in [0.5, 0.6) is 0 Å². The Balaban J connectivity index is 1.74. The summed E-state index contributed by atoms with van der Waals surface area (Å²) in [5, 5.41) is 7.02. The van der Waals surface area contributed by atoms with Crippen LogP contribution >= 0.6 is 0 Å². The van der Waals surface area contributed by atoms with E-state index in [1.165, 1.54) is 12.8 Å². The molecule has 1 amide bonds. The lowest BCUT2D eigenvalue weighted by atomic mass is 10.2. The maximum Gasteiger partial charge on any atom is 0.224 e. The molecule has 3 rings (SSSR count). The molecular weight excluding hydrogens is 202 g/mol. The maximum atomic E-state index is 11.6. The molecule has 1 aliphatic rings. The minimum Gasteiger partial charge on any atom is -0.326 e. The van der Waals surface area contributed by atoms with Crippen molar-refractivity contribution in [3.8, 4) is 0 Å². The van der Waals surface area contributed by atoms with E-state index in [1.807, 2.05) is 24.4 Å². The first-order valence-corrected chi connectivity index (χ1v) is 5.54. The number of pyridine rings is 1. The third kappa shape index (κ3) is 1.91. The maximum absolute atomic E-state index is 11.6. The summed E-state index contributed by atoms with van der Waals surface area (Å²) in [5.41, 5.74) is 1.84. The number of nitrogens with one attached hydrogen (secondary N) is 1. The highest BCUT2D eigenvalue weighted by molar-refractivity contribution is 5.91. The molecule has 4 heteroatoms. The van der Waals surface area contributed by atoms with Crippen LogP contribution in [0.15, 0.2) is 30.6 Å². The molecule has 0 radical (unpaired) electrons. The number of amides is 1. The van der Waals surface area contributed by atoms with Gasteiger partial charge < -0.3 is 5.32 Å². The van der Waals surface area contributed by atoms with E-state index in [-0.39, 0.29) is 5.91 Å². The molecule has 0 spiro atoms. The number of carbonyl (C=O) groups excluding carboxylic acids is 1. The first-order valence-electron chi connectivity index (χ1n) is 5.54. The highest BCUT2D eigenvalue weighted by atomic mass is 16.1. The van der Waals surface area contributed by atoms with Crippen LogP contribution in [0.2, 0.25) is 0 Å². The molecular formula is C12H13N3O. The van der Waals surface area contributed by atoms with Crippen molar-refractivity contribution in [3.05, 3.63) is 30.6 Å². The molecule has 16 heavy (non-hydrogen) atoms. The van der Waals surface area contributed by atoms with Crippen LogP contribution in [-0.2, 0) is 4.79 Å². The Morgan fingerprint density at radius 1 is 1.50 bits per heavy atom. The summed E-state index contributed by atoms with van der Waals surface area (Å²) in [7, 11) is 0. The lowest BCUT2D eigenvalue weighted by Crippen LogP contribution is -2.12. The van der Waals surface area contributed by atoms with Gasteiger partial charge in [0.25, 0.3) is 0 Å². The Kier molecular flexibility index (Phi) is 2.13. The van der Waals surface area contributed by atoms with Crippen molar-refractivity contribution in [1.82, 2.24) is 9.61 Å². The molecule has 1 fully saturated rings. The zero-order chi connectivity index (χ0) is 11.0. The van der Waals surface area contributed by atoms with E-state index in [4.69, 9.17) is 0 Å². The Bertz CT molecular complexity index is 528. The molecule has 2 aromatic heterocycles. The summed E-state index contributed by atoms with van der Waals surface area (Å²) in [5.74, 6) is 0.741. The quantitative estimate of drug-likeness (QED) is 0.852. The fourth-order valence-electron chi connectivity index (χ4n) is 1.80. The van der Waals surface area contributed by atoms with E-state index in [2.05, 4.69) is 10.4 Å². The van der Waals surface area contributed by atoms with Crippen molar-refractivity contribution in [2.75, 3.05) is 5.32 Å². The number of hydrogen-bond donors (Lipinski definition) is 1. The minimum absolute atomic E-state index is 0.117. The smallest absolute Gasteiger partial charge is 0.224 e. The SMILES string of the molecule is O=C(CC1CC1)Nc1ccn2nccc2c1.